The van der Waals surface area contributed by atoms with Crippen molar-refractivity contribution in [2.75, 3.05) is 11.9 Å². The minimum Gasteiger partial charge on any atom is -0.321 e. The largest absolute Gasteiger partial charge is 0.321 e. The number of nitrogens with one attached hydrogen (secondary N) is 2. The van der Waals surface area contributed by atoms with Crippen LogP contribution in [0.25, 0.3) is 0 Å². The van der Waals surface area contributed by atoms with Crippen LogP contribution in [0, 0.1) is 0 Å². The summed E-state index contributed by atoms with van der Waals surface area (Å²) in [5.74, 6) is -0.133. The summed E-state index contributed by atoms with van der Waals surface area (Å²) < 4.78 is 0.805. The Bertz CT molecular complexity index is 703. The van der Waals surface area contributed by atoms with Gasteiger partial charge in [-0.3, -0.25) is 4.79 Å². The Kier molecular flexibility index (Phi) is 4.29. The molecule has 1 aliphatic rings. The third kappa shape index (κ3) is 3.28. The van der Waals surface area contributed by atoms with E-state index in [2.05, 4.69) is 26.6 Å². The average Bonchev–Trinajstić information content (AvgIpc) is 2.50. The maximum atomic E-state index is 12.4. The Morgan fingerprint density at radius 2 is 2.05 bits per heavy atom. The minimum atomic E-state index is -0.133. The Balaban J connectivity index is 1.83. The normalized spacial score (nSPS) is 13.6. The molecule has 0 bridgehead atoms. The smallest absolute Gasteiger partial charge is 0.255 e. The number of halogens is 2. The van der Waals surface area contributed by atoms with E-state index in [1.54, 1.807) is 12.1 Å². The lowest BCUT2D eigenvalue weighted by molar-refractivity contribution is 0.102. The number of benzene rings is 2. The SMILES string of the molecule is O=C(Nc1cc(Cl)ccc1Br)c1ccc2c(c1)CNCC2. The lowest BCUT2D eigenvalue weighted by Gasteiger charge is -2.17. The van der Waals surface area contributed by atoms with Crippen LogP contribution in [0.4, 0.5) is 5.69 Å². The number of anilines is 1. The van der Waals surface area contributed by atoms with Crippen molar-refractivity contribution in [1.29, 1.82) is 0 Å². The van der Waals surface area contributed by atoms with Crippen molar-refractivity contribution < 1.29 is 4.79 Å². The highest BCUT2D eigenvalue weighted by molar-refractivity contribution is 9.10. The molecule has 2 aromatic rings. The Labute approximate surface area is 136 Å². The van der Waals surface area contributed by atoms with E-state index in [9.17, 15) is 4.79 Å². The van der Waals surface area contributed by atoms with Gasteiger partial charge in [0.05, 0.1) is 5.69 Å². The molecule has 1 amide bonds. The van der Waals surface area contributed by atoms with E-state index >= 15 is 0 Å². The highest BCUT2D eigenvalue weighted by Crippen LogP contribution is 2.26. The monoisotopic (exact) mass is 364 g/mol. The molecule has 21 heavy (non-hydrogen) atoms. The zero-order valence-electron chi connectivity index (χ0n) is 11.2. The summed E-state index contributed by atoms with van der Waals surface area (Å²) in [5, 5.41) is 6.79. The number of carbonyl (C=O) groups excluding carboxylic acids is 1. The summed E-state index contributed by atoms with van der Waals surface area (Å²) in [4.78, 5) is 12.4. The molecule has 0 fully saturated rings. The van der Waals surface area contributed by atoms with Crippen molar-refractivity contribution in [3.05, 3.63) is 62.6 Å². The van der Waals surface area contributed by atoms with Gasteiger partial charge in [0.1, 0.15) is 0 Å². The topological polar surface area (TPSA) is 41.1 Å². The van der Waals surface area contributed by atoms with Crippen molar-refractivity contribution in [2.45, 2.75) is 13.0 Å². The van der Waals surface area contributed by atoms with Gasteiger partial charge in [0, 0.05) is 21.6 Å². The van der Waals surface area contributed by atoms with E-state index in [1.807, 2.05) is 24.3 Å². The summed E-state index contributed by atoms with van der Waals surface area (Å²) in [6.07, 6.45) is 1.01. The van der Waals surface area contributed by atoms with Crippen LogP contribution in [0.1, 0.15) is 21.5 Å². The highest BCUT2D eigenvalue weighted by atomic mass is 79.9. The lowest BCUT2D eigenvalue weighted by Crippen LogP contribution is -2.24. The zero-order valence-corrected chi connectivity index (χ0v) is 13.6. The lowest BCUT2D eigenvalue weighted by atomic mass is 9.98. The molecule has 0 aromatic heterocycles. The van der Waals surface area contributed by atoms with Gasteiger partial charge in [0.25, 0.3) is 5.91 Å². The van der Waals surface area contributed by atoms with Crippen molar-refractivity contribution in [1.82, 2.24) is 5.32 Å². The molecule has 3 rings (SSSR count). The summed E-state index contributed by atoms with van der Waals surface area (Å²) in [7, 11) is 0. The Hall–Kier alpha value is -1.36. The summed E-state index contributed by atoms with van der Waals surface area (Å²) in [6, 6.07) is 11.2. The molecule has 0 spiro atoms. The molecule has 0 unspecified atom stereocenters. The average molecular weight is 366 g/mol. The summed E-state index contributed by atoms with van der Waals surface area (Å²) >= 11 is 9.37. The van der Waals surface area contributed by atoms with Crippen LogP contribution in [-0.2, 0) is 13.0 Å². The molecular weight excluding hydrogens is 352 g/mol. The van der Waals surface area contributed by atoms with Crippen LogP contribution in [0.2, 0.25) is 5.02 Å². The Morgan fingerprint density at radius 1 is 1.19 bits per heavy atom. The maximum absolute atomic E-state index is 12.4. The quantitative estimate of drug-likeness (QED) is 0.844. The van der Waals surface area contributed by atoms with Gasteiger partial charge >= 0.3 is 0 Å². The molecule has 1 heterocycles. The summed E-state index contributed by atoms with van der Waals surface area (Å²) in [5.41, 5.74) is 3.83. The highest BCUT2D eigenvalue weighted by Gasteiger charge is 2.13. The van der Waals surface area contributed by atoms with E-state index in [0.717, 1.165) is 24.0 Å². The first-order chi connectivity index (χ1) is 10.1. The van der Waals surface area contributed by atoms with Crippen molar-refractivity contribution in [3.63, 3.8) is 0 Å². The fourth-order valence-corrected chi connectivity index (χ4v) is 2.93. The molecule has 2 aromatic carbocycles. The number of hydrogen-bond donors (Lipinski definition) is 2. The van der Waals surface area contributed by atoms with E-state index in [0.29, 0.717) is 16.3 Å². The molecule has 108 valence electrons. The molecule has 5 heteroatoms. The second-order valence-electron chi connectivity index (χ2n) is 4.99. The molecule has 2 N–H and O–H groups in total. The third-order valence-corrected chi connectivity index (χ3v) is 4.46. The van der Waals surface area contributed by atoms with Gasteiger partial charge in [0.2, 0.25) is 0 Å². The second kappa shape index (κ2) is 6.18. The van der Waals surface area contributed by atoms with Gasteiger partial charge in [-0.05, 0) is 70.4 Å². The molecule has 1 aliphatic heterocycles. The van der Waals surface area contributed by atoms with Crippen LogP contribution < -0.4 is 10.6 Å². The van der Waals surface area contributed by atoms with Crippen molar-refractivity contribution in [2.24, 2.45) is 0 Å². The van der Waals surface area contributed by atoms with Crippen LogP contribution in [0.3, 0.4) is 0 Å². The fourth-order valence-electron chi connectivity index (χ4n) is 2.41. The van der Waals surface area contributed by atoms with Gasteiger partial charge in [-0.1, -0.05) is 17.7 Å². The van der Waals surface area contributed by atoms with Crippen molar-refractivity contribution in [3.8, 4) is 0 Å². The van der Waals surface area contributed by atoms with Crippen molar-refractivity contribution >= 4 is 39.1 Å². The molecule has 0 saturated carbocycles. The second-order valence-corrected chi connectivity index (χ2v) is 6.28. The predicted octanol–water partition coefficient (Wildman–Crippen LogP) is 4.00. The van der Waals surface area contributed by atoms with E-state index in [4.69, 9.17) is 11.6 Å². The first kappa shape index (κ1) is 14.6. The zero-order chi connectivity index (χ0) is 14.8. The van der Waals surface area contributed by atoms with Crippen LogP contribution >= 0.6 is 27.5 Å². The van der Waals surface area contributed by atoms with Gasteiger partial charge in [-0.2, -0.15) is 0 Å². The molecule has 0 atom stereocenters. The molecule has 0 saturated heterocycles. The van der Waals surface area contributed by atoms with Gasteiger partial charge in [-0.25, -0.2) is 0 Å². The fraction of sp³-hybridized carbons (Fsp3) is 0.188. The van der Waals surface area contributed by atoms with E-state index in [1.165, 1.54) is 11.1 Å². The first-order valence-corrected chi connectivity index (χ1v) is 7.89. The predicted molar refractivity (Wildman–Crippen MR) is 89.0 cm³/mol. The van der Waals surface area contributed by atoms with Crippen LogP contribution in [0.5, 0.6) is 0 Å². The molecular formula is C16H14BrClN2O. The van der Waals surface area contributed by atoms with Gasteiger partial charge in [-0.15, -0.1) is 0 Å². The van der Waals surface area contributed by atoms with E-state index in [-0.39, 0.29) is 5.91 Å². The Morgan fingerprint density at radius 3 is 2.90 bits per heavy atom. The number of carbonyl (C=O) groups is 1. The maximum Gasteiger partial charge on any atom is 0.255 e. The van der Waals surface area contributed by atoms with E-state index < -0.39 is 0 Å². The minimum absolute atomic E-state index is 0.133. The third-order valence-electron chi connectivity index (χ3n) is 3.53. The molecule has 0 radical (unpaired) electrons. The van der Waals surface area contributed by atoms with Gasteiger partial charge < -0.3 is 10.6 Å². The number of fused-ring (bicyclic) bond motifs is 1. The van der Waals surface area contributed by atoms with Gasteiger partial charge in [0.15, 0.2) is 0 Å². The van der Waals surface area contributed by atoms with Crippen LogP contribution in [-0.4, -0.2) is 12.5 Å². The molecule has 3 nitrogen and oxygen atoms in total. The van der Waals surface area contributed by atoms with Crippen LogP contribution in [0.15, 0.2) is 40.9 Å². The molecule has 0 aliphatic carbocycles. The standard InChI is InChI=1S/C16H14BrClN2O/c17-14-4-3-13(18)8-15(14)20-16(21)11-2-1-10-5-6-19-9-12(10)7-11/h1-4,7-8,19H,5-6,9H2,(H,20,21). The number of rotatable bonds is 2. The first-order valence-electron chi connectivity index (χ1n) is 6.72. The number of amides is 1. The number of hydrogen-bond acceptors (Lipinski definition) is 2. The summed E-state index contributed by atoms with van der Waals surface area (Å²) in [6.45, 7) is 1.81.